The Balaban J connectivity index is 1.09. The van der Waals surface area contributed by atoms with Crippen molar-refractivity contribution in [3.8, 4) is 0 Å². The molecule has 5 saturated carbocycles. The molecule has 0 spiro atoms. The summed E-state index contributed by atoms with van der Waals surface area (Å²) in [4.78, 5) is 13.2. The number of carbonyl (C=O) groups excluding carboxylic acids is 1. The van der Waals surface area contributed by atoms with Gasteiger partial charge in [-0.1, -0.05) is 152 Å². The Kier molecular flexibility index (Phi) is 13.9. The maximum Gasteiger partial charge on any atom is 0.306 e. The van der Waals surface area contributed by atoms with Gasteiger partial charge in [-0.05, 0) is 115 Å². The summed E-state index contributed by atoms with van der Waals surface area (Å²) in [5, 5.41) is 22.9. The van der Waals surface area contributed by atoms with Gasteiger partial charge in [0.15, 0.2) is 0 Å². The molecule has 0 bridgehead atoms. The fourth-order valence-electron chi connectivity index (χ4n) is 14.6. The summed E-state index contributed by atoms with van der Waals surface area (Å²) < 4.78 is 6.40. The number of rotatable bonds is 17. The molecule has 0 aromatic rings. The van der Waals surface area contributed by atoms with E-state index in [4.69, 9.17) is 4.74 Å². The van der Waals surface area contributed by atoms with Crippen LogP contribution in [0.15, 0.2) is 12.2 Å². The second-order valence-electron chi connectivity index (χ2n) is 21.0. The van der Waals surface area contributed by atoms with Crippen LogP contribution in [0.5, 0.6) is 0 Å². The lowest BCUT2D eigenvalue weighted by Gasteiger charge is -2.74. The van der Waals surface area contributed by atoms with Crippen molar-refractivity contribution < 1.29 is 19.7 Å². The van der Waals surface area contributed by atoms with Gasteiger partial charge < -0.3 is 14.9 Å². The van der Waals surface area contributed by atoms with Gasteiger partial charge in [0, 0.05) is 11.8 Å². The summed E-state index contributed by atoms with van der Waals surface area (Å²) in [5.41, 5.74) is 1.07. The van der Waals surface area contributed by atoms with Crippen molar-refractivity contribution in [2.45, 2.75) is 228 Å². The molecule has 0 amide bonds. The van der Waals surface area contributed by atoms with Gasteiger partial charge in [-0.3, -0.25) is 4.79 Å². The average Bonchev–Trinajstić information content (AvgIpc) is 3.08. The molecule has 0 unspecified atom stereocenters. The summed E-state index contributed by atoms with van der Waals surface area (Å²) in [6, 6.07) is 0. The van der Waals surface area contributed by atoms with E-state index in [9.17, 15) is 15.0 Å². The van der Waals surface area contributed by atoms with E-state index in [1.807, 2.05) is 0 Å². The molecule has 0 aromatic heterocycles. The SMILES string of the molecule is C=C1[C@H](O)C[C@@]2(C)[C@H]([C@@H]1C)[C@H]1CC[C@@H]3[C@@]4(C)CC[C@H](OC(=O)CCCCCCCCCCCCCCCCC)C(C)(C)[C@@H]4CC[C@@]3(C)[C@]1(C)C[C@@H]2O. The summed E-state index contributed by atoms with van der Waals surface area (Å²) >= 11 is 0. The predicted octanol–water partition coefficient (Wildman–Crippen LogP) is 12.8. The van der Waals surface area contributed by atoms with Crippen molar-refractivity contribution in [2.75, 3.05) is 0 Å². The second kappa shape index (κ2) is 17.1. The standard InChI is InChI=1S/C48H84O4/c1-10-11-12-13-14-15-16-17-18-19-20-21-22-23-24-25-42(51)52-41-29-30-45(6)38(44(41,4)5)28-31-47(8)39(45)27-26-36-43-35(3)34(2)37(49)32-46(43,7)40(50)33-48(36,47)9/h35-41,43,49-50H,2,10-33H2,1,3-9H3/t35-,36-,37-,38+,39-,40+,41+,43-,45+,46-,47-,48-/m1/s1. The van der Waals surface area contributed by atoms with Crippen LogP contribution in [-0.2, 0) is 9.53 Å². The third kappa shape index (κ3) is 7.89. The molecular weight excluding hydrogens is 641 g/mol. The molecule has 52 heavy (non-hydrogen) atoms. The van der Waals surface area contributed by atoms with Gasteiger partial charge in [0.1, 0.15) is 6.10 Å². The van der Waals surface area contributed by atoms with Crippen molar-refractivity contribution in [1.29, 1.82) is 0 Å². The monoisotopic (exact) mass is 725 g/mol. The number of aliphatic hydroxyl groups is 2. The van der Waals surface area contributed by atoms with Gasteiger partial charge in [-0.2, -0.15) is 0 Å². The van der Waals surface area contributed by atoms with E-state index in [1.165, 1.54) is 109 Å². The average molecular weight is 725 g/mol. The largest absolute Gasteiger partial charge is 0.462 e. The Labute approximate surface area is 321 Å². The third-order valence-corrected chi connectivity index (χ3v) is 17.9. The number of hydrogen-bond donors (Lipinski definition) is 2. The van der Waals surface area contributed by atoms with Gasteiger partial charge in [-0.25, -0.2) is 0 Å². The fourth-order valence-corrected chi connectivity index (χ4v) is 14.6. The van der Waals surface area contributed by atoms with Crippen LogP contribution >= 0.6 is 0 Å². The van der Waals surface area contributed by atoms with E-state index in [1.54, 1.807) is 0 Å². The lowest BCUT2D eigenvalue weighted by Crippen LogP contribution is -2.69. The molecule has 300 valence electrons. The van der Waals surface area contributed by atoms with E-state index >= 15 is 0 Å². The summed E-state index contributed by atoms with van der Waals surface area (Å²) in [5.74, 6) is 2.26. The predicted molar refractivity (Wildman–Crippen MR) is 217 cm³/mol. The Bertz CT molecular complexity index is 1190. The molecule has 12 atom stereocenters. The maximum atomic E-state index is 13.2. The van der Waals surface area contributed by atoms with Crippen LogP contribution in [0, 0.1) is 56.7 Å². The van der Waals surface area contributed by atoms with Crippen LogP contribution in [0.1, 0.15) is 209 Å². The first-order valence-electron chi connectivity index (χ1n) is 22.8. The first kappa shape index (κ1) is 42.3. The maximum absolute atomic E-state index is 13.2. The summed E-state index contributed by atoms with van der Waals surface area (Å²) in [7, 11) is 0. The molecule has 0 radical (unpaired) electrons. The van der Waals surface area contributed by atoms with E-state index < -0.39 is 12.2 Å². The summed E-state index contributed by atoms with van der Waals surface area (Å²) in [6.45, 7) is 23.8. The molecule has 5 rings (SSSR count). The quantitative estimate of drug-likeness (QED) is 0.0890. The first-order chi connectivity index (χ1) is 24.6. The molecule has 0 aliphatic heterocycles. The minimum Gasteiger partial charge on any atom is -0.462 e. The minimum atomic E-state index is -0.507. The lowest BCUT2D eigenvalue weighted by atomic mass is 9.31. The molecule has 0 aromatic carbocycles. The number of aliphatic hydroxyl groups excluding tert-OH is 2. The van der Waals surface area contributed by atoms with Crippen molar-refractivity contribution in [3.63, 3.8) is 0 Å². The number of fused-ring (bicyclic) bond motifs is 7. The molecule has 0 heterocycles. The summed E-state index contributed by atoms with van der Waals surface area (Å²) in [6.07, 6.45) is 28.1. The normalized spacial score (nSPS) is 42.5. The topological polar surface area (TPSA) is 66.8 Å². The Hall–Kier alpha value is -0.870. The molecule has 5 aliphatic carbocycles. The number of unbranched alkanes of at least 4 members (excludes halogenated alkanes) is 14. The number of esters is 1. The fraction of sp³-hybridized carbons (Fsp3) is 0.938. The molecular formula is C48H84O4. The van der Waals surface area contributed by atoms with Gasteiger partial charge in [0.05, 0.1) is 12.2 Å². The van der Waals surface area contributed by atoms with Crippen molar-refractivity contribution >= 4 is 5.97 Å². The first-order valence-corrected chi connectivity index (χ1v) is 22.8. The Morgan fingerprint density at radius 3 is 1.83 bits per heavy atom. The van der Waals surface area contributed by atoms with Crippen LogP contribution in [0.3, 0.4) is 0 Å². The molecule has 0 saturated heterocycles. The zero-order chi connectivity index (χ0) is 38.0. The molecule has 5 fully saturated rings. The Morgan fingerprint density at radius 1 is 0.692 bits per heavy atom. The minimum absolute atomic E-state index is 0.00318. The highest BCUT2D eigenvalue weighted by Crippen LogP contribution is 2.77. The van der Waals surface area contributed by atoms with Crippen molar-refractivity contribution in [3.05, 3.63) is 12.2 Å². The van der Waals surface area contributed by atoms with Gasteiger partial charge in [0.25, 0.3) is 0 Å². The molecule has 4 heteroatoms. The molecule has 4 nitrogen and oxygen atoms in total. The Morgan fingerprint density at radius 2 is 1.25 bits per heavy atom. The van der Waals surface area contributed by atoms with Gasteiger partial charge in [-0.15, -0.1) is 0 Å². The highest BCUT2D eigenvalue weighted by molar-refractivity contribution is 5.69. The molecule has 5 aliphatic rings. The van der Waals surface area contributed by atoms with Crippen LogP contribution in [0.4, 0.5) is 0 Å². The number of ether oxygens (including phenoxy) is 1. The zero-order valence-electron chi connectivity index (χ0n) is 35.5. The van der Waals surface area contributed by atoms with E-state index in [0.717, 1.165) is 37.7 Å². The smallest absolute Gasteiger partial charge is 0.306 e. The van der Waals surface area contributed by atoms with Gasteiger partial charge >= 0.3 is 5.97 Å². The highest BCUT2D eigenvalue weighted by Gasteiger charge is 2.71. The van der Waals surface area contributed by atoms with E-state index in [2.05, 4.69) is 62.0 Å². The van der Waals surface area contributed by atoms with Crippen LogP contribution in [0.2, 0.25) is 0 Å². The second-order valence-corrected chi connectivity index (χ2v) is 21.0. The van der Waals surface area contributed by atoms with Crippen molar-refractivity contribution in [2.24, 2.45) is 56.7 Å². The van der Waals surface area contributed by atoms with E-state index in [-0.39, 0.29) is 45.1 Å². The van der Waals surface area contributed by atoms with E-state index in [0.29, 0.717) is 36.5 Å². The van der Waals surface area contributed by atoms with Crippen molar-refractivity contribution in [1.82, 2.24) is 0 Å². The highest BCUT2D eigenvalue weighted by atomic mass is 16.5. The van der Waals surface area contributed by atoms with Crippen LogP contribution in [-0.4, -0.2) is 34.5 Å². The number of hydrogen-bond acceptors (Lipinski definition) is 4. The number of carbonyl (C=O) groups is 1. The van der Waals surface area contributed by atoms with Crippen LogP contribution < -0.4 is 0 Å². The van der Waals surface area contributed by atoms with Crippen LogP contribution in [0.25, 0.3) is 0 Å². The molecule has 2 N–H and O–H groups in total. The van der Waals surface area contributed by atoms with Gasteiger partial charge in [0.2, 0.25) is 0 Å². The zero-order valence-corrected chi connectivity index (χ0v) is 35.5. The third-order valence-electron chi connectivity index (χ3n) is 17.9. The lowest BCUT2D eigenvalue weighted by molar-refractivity contribution is -0.273.